The third-order valence-electron chi connectivity index (χ3n) is 2.44. The quantitative estimate of drug-likeness (QED) is 0.940. The zero-order valence-electron chi connectivity index (χ0n) is 9.24. The molecule has 0 aliphatic heterocycles. The third kappa shape index (κ3) is 2.77. The minimum atomic E-state index is -0.890. The van der Waals surface area contributed by atoms with Crippen LogP contribution in [0.25, 0.3) is 11.3 Å². The van der Waals surface area contributed by atoms with Crippen molar-refractivity contribution in [2.75, 3.05) is 0 Å². The molecule has 1 N–H and O–H groups in total. The van der Waals surface area contributed by atoms with Crippen LogP contribution in [0.2, 0.25) is 0 Å². The van der Waals surface area contributed by atoms with Crippen molar-refractivity contribution in [1.82, 2.24) is 0 Å². The van der Waals surface area contributed by atoms with Crippen LogP contribution in [-0.4, -0.2) is 11.1 Å². The van der Waals surface area contributed by atoms with E-state index in [0.29, 0.717) is 11.5 Å². The van der Waals surface area contributed by atoms with E-state index in [-0.39, 0.29) is 6.42 Å². The van der Waals surface area contributed by atoms with Crippen LogP contribution in [-0.2, 0) is 11.2 Å². The first-order valence-corrected chi connectivity index (χ1v) is 5.92. The first-order chi connectivity index (χ1) is 8.06. The molecule has 0 unspecified atom stereocenters. The molecule has 0 aliphatic rings. The Morgan fingerprint density at radius 2 is 2.12 bits per heavy atom. The predicted molar refractivity (Wildman–Crippen MR) is 67.9 cm³/mol. The van der Waals surface area contributed by atoms with Crippen molar-refractivity contribution in [2.24, 2.45) is 0 Å². The van der Waals surface area contributed by atoms with E-state index < -0.39 is 5.97 Å². The molecule has 0 atom stereocenters. The average Bonchev–Trinajstić information content (AvgIpc) is 2.65. The molecule has 0 radical (unpaired) electrons. The molecule has 0 amide bonds. The summed E-state index contributed by atoms with van der Waals surface area (Å²) < 4.78 is 6.52. The first-order valence-electron chi connectivity index (χ1n) is 5.13. The molecule has 0 saturated carbocycles. The van der Waals surface area contributed by atoms with Gasteiger partial charge in [0.05, 0.1) is 0 Å². The van der Waals surface area contributed by atoms with Gasteiger partial charge in [-0.2, -0.15) is 0 Å². The Labute approximate surface area is 107 Å². The highest BCUT2D eigenvalue weighted by Crippen LogP contribution is 2.27. The fraction of sp³-hybridized carbons (Fsp3) is 0.154. The Hall–Kier alpha value is -1.55. The van der Waals surface area contributed by atoms with Crippen LogP contribution in [0.5, 0.6) is 0 Å². The van der Waals surface area contributed by atoms with Crippen LogP contribution in [0.1, 0.15) is 11.3 Å². The number of hydrogen-bond donors (Lipinski definition) is 1. The van der Waals surface area contributed by atoms with Crippen LogP contribution in [0, 0.1) is 6.92 Å². The Morgan fingerprint density at radius 1 is 1.35 bits per heavy atom. The molecule has 0 saturated heterocycles. The van der Waals surface area contributed by atoms with Crippen molar-refractivity contribution in [1.29, 1.82) is 0 Å². The van der Waals surface area contributed by atoms with Gasteiger partial charge in [-0.25, -0.2) is 0 Å². The fourth-order valence-electron chi connectivity index (χ4n) is 1.67. The second kappa shape index (κ2) is 4.75. The van der Waals surface area contributed by atoms with Crippen molar-refractivity contribution < 1.29 is 14.3 Å². The summed E-state index contributed by atoms with van der Waals surface area (Å²) in [5.74, 6) is 0.277. The summed E-state index contributed by atoms with van der Waals surface area (Å²) in [5.41, 5.74) is 2.06. The number of aryl methyl sites for hydroxylation is 1. The highest BCUT2D eigenvalue weighted by molar-refractivity contribution is 9.10. The van der Waals surface area contributed by atoms with Crippen LogP contribution < -0.4 is 0 Å². The monoisotopic (exact) mass is 294 g/mol. The van der Waals surface area contributed by atoms with Gasteiger partial charge in [0, 0.05) is 10.0 Å². The van der Waals surface area contributed by atoms with Gasteiger partial charge in [0.1, 0.15) is 17.9 Å². The molecule has 0 aliphatic carbocycles. The standard InChI is InChI=1S/C13H11BrO3/c1-8-6-9(14)2-4-11(8)12-5-3-10(17-12)7-13(15)16/h2-6H,7H2,1H3,(H,15,16). The molecule has 88 valence electrons. The molecule has 1 aromatic carbocycles. The van der Waals surface area contributed by atoms with Crippen LogP contribution in [0.4, 0.5) is 0 Å². The normalized spacial score (nSPS) is 10.5. The Morgan fingerprint density at radius 3 is 2.76 bits per heavy atom. The van der Waals surface area contributed by atoms with Gasteiger partial charge in [-0.3, -0.25) is 4.79 Å². The van der Waals surface area contributed by atoms with Gasteiger partial charge in [0.2, 0.25) is 0 Å². The molecule has 0 fully saturated rings. The SMILES string of the molecule is Cc1cc(Br)ccc1-c1ccc(CC(=O)O)o1. The third-order valence-corrected chi connectivity index (χ3v) is 2.93. The second-order valence-corrected chi connectivity index (χ2v) is 4.71. The highest BCUT2D eigenvalue weighted by Gasteiger charge is 2.09. The number of carboxylic acids is 1. The zero-order chi connectivity index (χ0) is 12.4. The summed E-state index contributed by atoms with van der Waals surface area (Å²) in [4.78, 5) is 10.6. The topological polar surface area (TPSA) is 50.4 Å². The van der Waals surface area contributed by atoms with Gasteiger partial charge in [-0.15, -0.1) is 0 Å². The molecule has 2 aromatic rings. The molecule has 4 heteroatoms. The number of halogens is 1. The van der Waals surface area contributed by atoms with Gasteiger partial charge in [-0.1, -0.05) is 15.9 Å². The van der Waals surface area contributed by atoms with E-state index in [1.807, 2.05) is 25.1 Å². The van der Waals surface area contributed by atoms with Crippen molar-refractivity contribution in [2.45, 2.75) is 13.3 Å². The van der Waals surface area contributed by atoms with Crippen molar-refractivity contribution in [3.05, 3.63) is 46.1 Å². The van der Waals surface area contributed by atoms with Crippen LogP contribution in [0.15, 0.2) is 39.2 Å². The van der Waals surface area contributed by atoms with E-state index in [2.05, 4.69) is 15.9 Å². The lowest BCUT2D eigenvalue weighted by atomic mass is 10.1. The largest absolute Gasteiger partial charge is 0.481 e. The molecular formula is C13H11BrO3. The number of carbonyl (C=O) groups is 1. The lowest BCUT2D eigenvalue weighted by molar-refractivity contribution is -0.136. The van der Waals surface area contributed by atoms with Gasteiger partial charge in [-0.05, 0) is 42.8 Å². The maximum Gasteiger partial charge on any atom is 0.311 e. The first kappa shape index (κ1) is 11.9. The predicted octanol–water partition coefficient (Wildman–Crippen LogP) is 3.64. The van der Waals surface area contributed by atoms with Gasteiger partial charge in [0.25, 0.3) is 0 Å². The number of hydrogen-bond acceptors (Lipinski definition) is 2. The molecule has 17 heavy (non-hydrogen) atoms. The van der Waals surface area contributed by atoms with Gasteiger partial charge < -0.3 is 9.52 Å². The van der Waals surface area contributed by atoms with E-state index >= 15 is 0 Å². The number of rotatable bonds is 3. The summed E-state index contributed by atoms with van der Waals surface area (Å²) in [6.07, 6.45) is -0.0877. The van der Waals surface area contributed by atoms with Crippen molar-refractivity contribution in [3.63, 3.8) is 0 Å². The van der Waals surface area contributed by atoms with Gasteiger partial charge >= 0.3 is 5.97 Å². The summed E-state index contributed by atoms with van der Waals surface area (Å²) in [6.45, 7) is 1.99. The van der Waals surface area contributed by atoms with E-state index in [4.69, 9.17) is 9.52 Å². The maximum absolute atomic E-state index is 10.6. The van der Waals surface area contributed by atoms with E-state index in [9.17, 15) is 4.79 Å². The molecule has 1 heterocycles. The highest BCUT2D eigenvalue weighted by atomic mass is 79.9. The Kier molecular flexibility index (Phi) is 3.33. The smallest absolute Gasteiger partial charge is 0.311 e. The van der Waals surface area contributed by atoms with Crippen LogP contribution >= 0.6 is 15.9 Å². The Balaban J connectivity index is 2.33. The van der Waals surface area contributed by atoms with E-state index in [1.165, 1.54) is 0 Å². The number of benzene rings is 1. The van der Waals surface area contributed by atoms with E-state index in [1.54, 1.807) is 12.1 Å². The molecule has 1 aromatic heterocycles. The summed E-state index contributed by atoms with van der Waals surface area (Å²) >= 11 is 3.40. The number of carboxylic acid groups (broad SMARTS) is 1. The number of aliphatic carboxylic acids is 1. The summed E-state index contributed by atoms with van der Waals surface area (Å²) in [5, 5.41) is 8.67. The summed E-state index contributed by atoms with van der Waals surface area (Å²) in [7, 11) is 0. The molecule has 0 bridgehead atoms. The second-order valence-electron chi connectivity index (χ2n) is 3.80. The average molecular weight is 295 g/mol. The minimum absolute atomic E-state index is 0.0877. The van der Waals surface area contributed by atoms with Crippen molar-refractivity contribution in [3.8, 4) is 11.3 Å². The maximum atomic E-state index is 10.6. The summed E-state index contributed by atoms with van der Waals surface area (Å²) in [6, 6.07) is 9.37. The lowest BCUT2D eigenvalue weighted by Crippen LogP contribution is -1.97. The molecular weight excluding hydrogens is 284 g/mol. The van der Waals surface area contributed by atoms with Gasteiger partial charge in [0.15, 0.2) is 0 Å². The minimum Gasteiger partial charge on any atom is -0.481 e. The Bertz CT molecular complexity index is 558. The zero-order valence-corrected chi connectivity index (χ0v) is 10.8. The van der Waals surface area contributed by atoms with Crippen LogP contribution in [0.3, 0.4) is 0 Å². The molecule has 0 spiro atoms. The molecule has 3 nitrogen and oxygen atoms in total. The number of furan rings is 1. The molecule has 2 rings (SSSR count). The van der Waals surface area contributed by atoms with Crippen molar-refractivity contribution >= 4 is 21.9 Å². The fourth-order valence-corrected chi connectivity index (χ4v) is 2.15. The van der Waals surface area contributed by atoms with E-state index in [0.717, 1.165) is 15.6 Å². The lowest BCUT2D eigenvalue weighted by Gasteiger charge is -2.02.